The van der Waals surface area contributed by atoms with Gasteiger partial charge < -0.3 is 9.73 Å². The first kappa shape index (κ1) is 15.0. The minimum absolute atomic E-state index is 0.132. The van der Waals surface area contributed by atoms with E-state index in [1.165, 1.54) is 17.4 Å². The van der Waals surface area contributed by atoms with Crippen LogP contribution in [-0.4, -0.2) is 16.1 Å². The van der Waals surface area contributed by atoms with Crippen LogP contribution in [0, 0.1) is 5.82 Å². The zero-order valence-electron chi connectivity index (χ0n) is 12.7. The molecule has 0 radical (unpaired) electrons. The fourth-order valence-electron chi connectivity index (χ4n) is 2.74. The lowest BCUT2D eigenvalue weighted by atomic mass is 9.94. The maximum Gasteiger partial charge on any atom is 0.257 e. The standard InChI is InChI=1S/C17H14FN3O2S/c18-12-5-2-1-4-11(12)17(7-8-17)16(22)19-10-14-20-21-15(23-14)13-6-3-9-24-13/h1-6,9H,7-8,10H2,(H,19,22). The zero-order valence-corrected chi connectivity index (χ0v) is 13.5. The molecule has 2 aromatic heterocycles. The molecule has 4 rings (SSSR count). The van der Waals surface area contributed by atoms with Crippen LogP contribution in [0.4, 0.5) is 4.39 Å². The first-order valence-corrected chi connectivity index (χ1v) is 8.46. The van der Waals surface area contributed by atoms with Crippen LogP contribution in [0.5, 0.6) is 0 Å². The summed E-state index contributed by atoms with van der Waals surface area (Å²) in [4.78, 5) is 13.4. The predicted molar refractivity (Wildman–Crippen MR) is 86.8 cm³/mol. The molecule has 3 aromatic rings. The van der Waals surface area contributed by atoms with Crippen molar-refractivity contribution in [1.29, 1.82) is 0 Å². The monoisotopic (exact) mass is 343 g/mol. The topological polar surface area (TPSA) is 68.0 Å². The molecule has 2 heterocycles. The molecule has 1 saturated carbocycles. The number of nitrogens with one attached hydrogen (secondary N) is 1. The number of thiophene rings is 1. The molecule has 1 aromatic carbocycles. The van der Waals surface area contributed by atoms with Crippen LogP contribution in [0.3, 0.4) is 0 Å². The molecule has 24 heavy (non-hydrogen) atoms. The molecule has 122 valence electrons. The van der Waals surface area contributed by atoms with E-state index in [0.717, 1.165) is 4.88 Å². The van der Waals surface area contributed by atoms with Gasteiger partial charge in [-0.15, -0.1) is 21.5 Å². The number of aromatic nitrogens is 2. The quantitative estimate of drug-likeness (QED) is 0.772. The first-order valence-electron chi connectivity index (χ1n) is 7.59. The number of hydrogen-bond donors (Lipinski definition) is 1. The number of amides is 1. The molecule has 1 N–H and O–H groups in total. The molecule has 7 heteroatoms. The van der Waals surface area contributed by atoms with Crippen molar-refractivity contribution in [3.63, 3.8) is 0 Å². The van der Waals surface area contributed by atoms with Crippen molar-refractivity contribution in [2.75, 3.05) is 0 Å². The van der Waals surface area contributed by atoms with E-state index < -0.39 is 5.41 Å². The van der Waals surface area contributed by atoms with Crippen LogP contribution in [0.1, 0.15) is 24.3 Å². The van der Waals surface area contributed by atoms with E-state index in [0.29, 0.717) is 30.2 Å². The molecule has 0 atom stereocenters. The molecule has 0 bridgehead atoms. The zero-order chi connectivity index (χ0) is 16.6. The van der Waals surface area contributed by atoms with Crippen molar-refractivity contribution in [3.8, 4) is 10.8 Å². The molecule has 1 fully saturated rings. The molecule has 5 nitrogen and oxygen atoms in total. The lowest BCUT2D eigenvalue weighted by Crippen LogP contribution is -2.35. The van der Waals surface area contributed by atoms with Gasteiger partial charge in [-0.25, -0.2) is 4.39 Å². The number of benzene rings is 1. The molecule has 1 amide bonds. The second-order valence-corrected chi connectivity index (χ2v) is 6.67. The van der Waals surface area contributed by atoms with Gasteiger partial charge in [0.05, 0.1) is 16.8 Å². The highest BCUT2D eigenvalue weighted by Crippen LogP contribution is 2.49. The van der Waals surface area contributed by atoms with Crippen molar-refractivity contribution in [2.45, 2.75) is 24.8 Å². The number of halogens is 1. The Hall–Kier alpha value is -2.54. The maximum atomic E-state index is 14.0. The largest absolute Gasteiger partial charge is 0.418 e. The van der Waals surface area contributed by atoms with Crippen LogP contribution in [0.15, 0.2) is 46.2 Å². The summed E-state index contributed by atoms with van der Waals surface area (Å²) in [5.41, 5.74) is -0.311. The summed E-state index contributed by atoms with van der Waals surface area (Å²) in [6.45, 7) is 0.132. The number of hydrogen-bond acceptors (Lipinski definition) is 5. The van der Waals surface area contributed by atoms with E-state index in [-0.39, 0.29) is 18.3 Å². The van der Waals surface area contributed by atoms with E-state index in [2.05, 4.69) is 15.5 Å². The van der Waals surface area contributed by atoms with Gasteiger partial charge in [-0.3, -0.25) is 4.79 Å². The van der Waals surface area contributed by atoms with Gasteiger partial charge in [0.25, 0.3) is 5.89 Å². The number of carbonyl (C=O) groups is 1. The Labute approximate surface area is 141 Å². The second-order valence-electron chi connectivity index (χ2n) is 5.72. The average Bonchev–Trinajstić information content (AvgIpc) is 3.00. The normalized spacial score (nSPS) is 15.2. The minimum Gasteiger partial charge on any atom is -0.418 e. The Morgan fingerprint density at radius 3 is 2.79 bits per heavy atom. The third-order valence-corrected chi connectivity index (χ3v) is 5.03. The van der Waals surface area contributed by atoms with Crippen LogP contribution in [-0.2, 0) is 16.8 Å². The Balaban J connectivity index is 1.45. The molecule has 0 aliphatic heterocycles. The Kier molecular flexibility index (Phi) is 3.65. The van der Waals surface area contributed by atoms with Crippen LogP contribution < -0.4 is 5.32 Å². The van der Waals surface area contributed by atoms with Gasteiger partial charge in [-0.05, 0) is 30.4 Å². The van der Waals surface area contributed by atoms with Crippen molar-refractivity contribution in [1.82, 2.24) is 15.5 Å². The van der Waals surface area contributed by atoms with E-state index in [9.17, 15) is 9.18 Å². The number of rotatable bonds is 5. The summed E-state index contributed by atoms with van der Waals surface area (Å²) in [7, 11) is 0. The molecule has 1 aliphatic carbocycles. The van der Waals surface area contributed by atoms with E-state index >= 15 is 0 Å². The molecule has 1 aliphatic rings. The number of carbonyl (C=O) groups excluding carboxylic acids is 1. The third kappa shape index (κ3) is 2.60. The molecule has 0 unspecified atom stereocenters. The lowest BCUT2D eigenvalue weighted by molar-refractivity contribution is -0.123. The summed E-state index contributed by atoms with van der Waals surface area (Å²) in [5, 5.41) is 12.6. The summed E-state index contributed by atoms with van der Waals surface area (Å²) in [6, 6.07) is 10.2. The fraction of sp³-hybridized carbons (Fsp3) is 0.235. The molecule has 0 saturated heterocycles. The van der Waals surface area contributed by atoms with Crippen LogP contribution >= 0.6 is 11.3 Å². The highest BCUT2D eigenvalue weighted by Gasteiger charge is 2.52. The molecule has 0 spiro atoms. The van der Waals surface area contributed by atoms with Crippen molar-refractivity contribution >= 4 is 17.2 Å². The van der Waals surface area contributed by atoms with Gasteiger partial charge in [0, 0.05) is 5.56 Å². The van der Waals surface area contributed by atoms with Gasteiger partial charge >= 0.3 is 0 Å². The fourth-order valence-corrected chi connectivity index (χ4v) is 3.39. The Bertz CT molecular complexity index is 872. The van der Waals surface area contributed by atoms with Gasteiger partial charge in [0.2, 0.25) is 11.8 Å². The van der Waals surface area contributed by atoms with Crippen LogP contribution in [0.25, 0.3) is 10.8 Å². The SMILES string of the molecule is O=C(NCc1nnc(-c2cccs2)o1)C1(c2ccccc2F)CC1. The summed E-state index contributed by atoms with van der Waals surface area (Å²) < 4.78 is 19.5. The van der Waals surface area contributed by atoms with Crippen molar-refractivity contribution < 1.29 is 13.6 Å². The molecular formula is C17H14FN3O2S. The number of nitrogens with zero attached hydrogens (tertiary/aromatic N) is 2. The third-order valence-electron chi connectivity index (χ3n) is 4.17. The van der Waals surface area contributed by atoms with Crippen molar-refractivity contribution in [3.05, 3.63) is 59.0 Å². The van der Waals surface area contributed by atoms with Gasteiger partial charge in [-0.1, -0.05) is 24.3 Å². The summed E-state index contributed by atoms with van der Waals surface area (Å²) in [6.07, 6.45) is 1.29. The highest BCUT2D eigenvalue weighted by molar-refractivity contribution is 7.13. The van der Waals surface area contributed by atoms with E-state index in [4.69, 9.17) is 4.42 Å². The Morgan fingerprint density at radius 2 is 2.08 bits per heavy atom. The maximum absolute atomic E-state index is 14.0. The highest BCUT2D eigenvalue weighted by atomic mass is 32.1. The Morgan fingerprint density at radius 1 is 1.25 bits per heavy atom. The van der Waals surface area contributed by atoms with Crippen molar-refractivity contribution in [2.24, 2.45) is 0 Å². The first-order chi connectivity index (χ1) is 11.7. The minimum atomic E-state index is -0.762. The van der Waals surface area contributed by atoms with E-state index in [1.807, 2.05) is 17.5 Å². The van der Waals surface area contributed by atoms with E-state index in [1.54, 1.807) is 18.2 Å². The van der Waals surface area contributed by atoms with Gasteiger partial charge in [-0.2, -0.15) is 0 Å². The lowest BCUT2D eigenvalue weighted by Gasteiger charge is -2.15. The smallest absolute Gasteiger partial charge is 0.257 e. The van der Waals surface area contributed by atoms with Crippen LogP contribution in [0.2, 0.25) is 0 Å². The van der Waals surface area contributed by atoms with Gasteiger partial charge in [0.1, 0.15) is 5.82 Å². The second kappa shape index (κ2) is 5.83. The molecular weight excluding hydrogens is 329 g/mol. The average molecular weight is 343 g/mol. The predicted octanol–water partition coefficient (Wildman–Crippen LogP) is 3.29. The van der Waals surface area contributed by atoms with Gasteiger partial charge in [0.15, 0.2) is 0 Å². The summed E-state index contributed by atoms with van der Waals surface area (Å²) in [5.74, 6) is 0.215. The summed E-state index contributed by atoms with van der Waals surface area (Å²) >= 11 is 1.50.